The molecule has 0 bridgehead atoms. The first-order valence-electron chi connectivity index (χ1n) is 7.22. The van der Waals surface area contributed by atoms with E-state index in [1.807, 2.05) is 18.4 Å². The van der Waals surface area contributed by atoms with Crippen LogP contribution in [0.25, 0.3) is 10.4 Å². The van der Waals surface area contributed by atoms with Gasteiger partial charge in [-0.2, -0.15) is 11.8 Å². The van der Waals surface area contributed by atoms with Crippen LogP contribution in [0.3, 0.4) is 0 Å². The topological polar surface area (TPSA) is 24.9 Å². The van der Waals surface area contributed by atoms with Crippen LogP contribution in [0.4, 0.5) is 0 Å². The Bertz CT molecular complexity index is 582. The molecule has 0 amide bonds. The van der Waals surface area contributed by atoms with E-state index < -0.39 is 0 Å². The van der Waals surface area contributed by atoms with Crippen LogP contribution in [0.1, 0.15) is 22.9 Å². The van der Waals surface area contributed by atoms with Gasteiger partial charge in [0.05, 0.1) is 15.8 Å². The largest absolute Gasteiger partial charge is 0.314 e. The minimum atomic E-state index is 0.543. The van der Waals surface area contributed by atoms with Crippen molar-refractivity contribution in [3.63, 3.8) is 0 Å². The van der Waals surface area contributed by atoms with Crippen LogP contribution in [-0.4, -0.2) is 28.8 Å². The van der Waals surface area contributed by atoms with Gasteiger partial charge in [0, 0.05) is 23.3 Å². The molecule has 1 saturated heterocycles. The molecule has 1 aromatic carbocycles. The second kappa shape index (κ2) is 7.18. The van der Waals surface area contributed by atoms with E-state index in [2.05, 4.69) is 66.1 Å². The highest BCUT2D eigenvalue weighted by molar-refractivity contribution is 8.06. The van der Waals surface area contributed by atoms with Gasteiger partial charge in [0.25, 0.3) is 0 Å². The molecule has 1 aromatic heterocycles. The Hall–Kier alpha value is -0.490. The van der Waals surface area contributed by atoms with Gasteiger partial charge >= 0.3 is 0 Å². The Kier molecular flexibility index (Phi) is 5.27. The van der Waals surface area contributed by atoms with Gasteiger partial charge in [-0.15, -0.1) is 23.1 Å². The number of benzene rings is 1. The SMILES string of the molecule is CNCc1nc(C2SCCSC2C)sc1-c1ccccc1. The molecule has 1 fully saturated rings. The standard InChI is InChI=1S/C16H20N2S3/c1-11-14(20-9-8-19-11)16-18-13(10-17-2)15(21-16)12-6-4-3-5-7-12/h3-7,11,14,17H,8-10H2,1-2H3. The first-order valence-corrected chi connectivity index (χ1v) is 10.1. The van der Waals surface area contributed by atoms with Gasteiger partial charge in [0.2, 0.25) is 0 Å². The molecule has 2 aromatic rings. The Labute approximate surface area is 139 Å². The first kappa shape index (κ1) is 15.4. The summed E-state index contributed by atoms with van der Waals surface area (Å²) in [7, 11) is 1.99. The van der Waals surface area contributed by atoms with E-state index in [4.69, 9.17) is 4.98 Å². The number of nitrogens with one attached hydrogen (secondary N) is 1. The fourth-order valence-corrected chi connectivity index (χ4v) is 6.74. The van der Waals surface area contributed by atoms with Crippen molar-refractivity contribution in [2.45, 2.75) is 24.0 Å². The van der Waals surface area contributed by atoms with Crippen LogP contribution in [0.2, 0.25) is 0 Å². The number of thioether (sulfide) groups is 2. The summed E-state index contributed by atoms with van der Waals surface area (Å²) in [5, 5.41) is 5.75. The Morgan fingerprint density at radius 1 is 1.19 bits per heavy atom. The Morgan fingerprint density at radius 2 is 1.95 bits per heavy atom. The number of nitrogens with zero attached hydrogens (tertiary/aromatic N) is 1. The second-order valence-electron chi connectivity index (χ2n) is 5.09. The molecular formula is C16H20N2S3. The van der Waals surface area contributed by atoms with E-state index in [1.54, 1.807) is 0 Å². The molecule has 0 aliphatic carbocycles. The summed E-state index contributed by atoms with van der Waals surface area (Å²) < 4.78 is 0. The van der Waals surface area contributed by atoms with Crippen LogP contribution in [0.15, 0.2) is 30.3 Å². The van der Waals surface area contributed by atoms with Crippen LogP contribution >= 0.6 is 34.9 Å². The molecule has 1 aliphatic heterocycles. The van der Waals surface area contributed by atoms with Crippen molar-refractivity contribution in [1.82, 2.24) is 10.3 Å². The predicted octanol–water partition coefficient (Wildman–Crippen LogP) is 4.44. The summed E-state index contributed by atoms with van der Waals surface area (Å²) in [5.41, 5.74) is 2.47. The van der Waals surface area contributed by atoms with E-state index in [0.717, 1.165) is 6.54 Å². The van der Waals surface area contributed by atoms with Crippen molar-refractivity contribution >= 4 is 34.9 Å². The monoisotopic (exact) mass is 336 g/mol. The second-order valence-corrected chi connectivity index (χ2v) is 8.86. The molecule has 1 aliphatic rings. The summed E-state index contributed by atoms with van der Waals surface area (Å²) in [4.78, 5) is 6.29. The van der Waals surface area contributed by atoms with Crippen LogP contribution in [0, 0.1) is 0 Å². The molecule has 3 rings (SSSR count). The maximum Gasteiger partial charge on any atom is 0.108 e. The zero-order valence-electron chi connectivity index (χ0n) is 12.3. The maximum atomic E-state index is 4.97. The van der Waals surface area contributed by atoms with Gasteiger partial charge in [-0.1, -0.05) is 37.3 Å². The van der Waals surface area contributed by atoms with E-state index in [9.17, 15) is 0 Å². The predicted molar refractivity (Wildman–Crippen MR) is 97.4 cm³/mol. The Morgan fingerprint density at radius 3 is 2.67 bits per heavy atom. The molecule has 0 spiro atoms. The average Bonchev–Trinajstić information content (AvgIpc) is 2.93. The molecule has 2 heterocycles. The van der Waals surface area contributed by atoms with Gasteiger partial charge in [0.1, 0.15) is 5.01 Å². The number of hydrogen-bond donors (Lipinski definition) is 1. The molecule has 5 heteroatoms. The summed E-state index contributed by atoms with van der Waals surface area (Å²) in [5.74, 6) is 2.50. The lowest BCUT2D eigenvalue weighted by Crippen LogP contribution is -2.15. The molecule has 0 radical (unpaired) electrons. The van der Waals surface area contributed by atoms with E-state index in [1.165, 1.54) is 32.6 Å². The molecule has 21 heavy (non-hydrogen) atoms. The highest BCUT2D eigenvalue weighted by Gasteiger charge is 2.28. The summed E-state index contributed by atoms with van der Waals surface area (Å²) >= 11 is 6.02. The minimum Gasteiger partial charge on any atom is -0.314 e. The number of hydrogen-bond acceptors (Lipinski definition) is 5. The van der Waals surface area contributed by atoms with Crippen LogP contribution in [0.5, 0.6) is 0 Å². The lowest BCUT2D eigenvalue weighted by Gasteiger charge is -2.25. The quantitative estimate of drug-likeness (QED) is 0.892. The number of rotatable bonds is 4. The molecule has 112 valence electrons. The van der Waals surface area contributed by atoms with Crippen molar-refractivity contribution in [2.75, 3.05) is 18.6 Å². The molecular weight excluding hydrogens is 316 g/mol. The molecule has 2 atom stereocenters. The normalized spacial score (nSPS) is 22.4. The van der Waals surface area contributed by atoms with Crippen LogP contribution < -0.4 is 5.32 Å². The molecule has 2 nitrogen and oxygen atoms in total. The molecule has 0 saturated carbocycles. The minimum absolute atomic E-state index is 0.543. The fraction of sp³-hybridized carbons (Fsp3) is 0.438. The summed E-state index contributed by atoms with van der Waals surface area (Å²) in [6, 6.07) is 10.6. The van der Waals surface area contributed by atoms with Crippen molar-refractivity contribution in [3.05, 3.63) is 41.0 Å². The van der Waals surface area contributed by atoms with Gasteiger partial charge in [0.15, 0.2) is 0 Å². The van der Waals surface area contributed by atoms with Gasteiger partial charge < -0.3 is 5.32 Å². The highest BCUT2D eigenvalue weighted by Crippen LogP contribution is 2.45. The van der Waals surface area contributed by atoms with E-state index in [0.29, 0.717) is 10.5 Å². The number of aromatic nitrogens is 1. The Balaban J connectivity index is 1.96. The summed E-state index contributed by atoms with van der Waals surface area (Å²) in [6.45, 7) is 3.17. The number of thiazole rings is 1. The highest BCUT2D eigenvalue weighted by atomic mass is 32.2. The van der Waals surface area contributed by atoms with Crippen molar-refractivity contribution in [1.29, 1.82) is 0 Å². The van der Waals surface area contributed by atoms with Crippen molar-refractivity contribution in [3.8, 4) is 10.4 Å². The van der Waals surface area contributed by atoms with Gasteiger partial charge in [-0.25, -0.2) is 4.98 Å². The van der Waals surface area contributed by atoms with Crippen molar-refractivity contribution < 1.29 is 0 Å². The maximum absolute atomic E-state index is 4.97. The third kappa shape index (κ3) is 3.47. The van der Waals surface area contributed by atoms with Crippen LogP contribution in [-0.2, 0) is 6.54 Å². The zero-order chi connectivity index (χ0) is 14.7. The lowest BCUT2D eigenvalue weighted by atomic mass is 10.1. The zero-order valence-corrected chi connectivity index (χ0v) is 14.8. The first-order chi connectivity index (χ1) is 10.3. The lowest BCUT2D eigenvalue weighted by molar-refractivity contribution is 0.787. The fourth-order valence-electron chi connectivity index (χ4n) is 2.50. The average molecular weight is 337 g/mol. The van der Waals surface area contributed by atoms with E-state index in [-0.39, 0.29) is 0 Å². The van der Waals surface area contributed by atoms with E-state index >= 15 is 0 Å². The third-order valence-electron chi connectivity index (χ3n) is 3.53. The third-order valence-corrected chi connectivity index (χ3v) is 8.00. The smallest absolute Gasteiger partial charge is 0.108 e. The van der Waals surface area contributed by atoms with Gasteiger partial charge in [-0.3, -0.25) is 0 Å². The van der Waals surface area contributed by atoms with Gasteiger partial charge in [-0.05, 0) is 12.6 Å². The molecule has 1 N–H and O–H groups in total. The summed E-state index contributed by atoms with van der Waals surface area (Å²) in [6.07, 6.45) is 0. The van der Waals surface area contributed by atoms with Crippen molar-refractivity contribution in [2.24, 2.45) is 0 Å². The molecule has 2 unspecified atom stereocenters.